The molecule has 0 spiro atoms. The van der Waals surface area contributed by atoms with E-state index in [1.54, 1.807) is 0 Å². The molecule has 2 unspecified atom stereocenters. The maximum atomic E-state index is 3.72. The molecule has 2 atom stereocenters. The van der Waals surface area contributed by atoms with Crippen molar-refractivity contribution in [3.05, 3.63) is 0 Å². The van der Waals surface area contributed by atoms with Crippen molar-refractivity contribution in [1.29, 1.82) is 0 Å². The molecule has 0 aliphatic carbocycles. The molecule has 1 fully saturated rings. The van der Waals surface area contributed by atoms with E-state index in [2.05, 4.69) is 44.8 Å². The van der Waals surface area contributed by atoms with E-state index >= 15 is 0 Å². The second-order valence-corrected chi connectivity index (χ2v) is 6.36. The molecule has 16 heavy (non-hydrogen) atoms. The third-order valence-electron chi connectivity index (χ3n) is 3.84. The summed E-state index contributed by atoms with van der Waals surface area (Å²) >= 11 is 0. The van der Waals surface area contributed by atoms with Crippen LogP contribution in [-0.4, -0.2) is 36.6 Å². The molecule has 0 radical (unpaired) electrons. The van der Waals surface area contributed by atoms with Gasteiger partial charge in [-0.05, 0) is 38.3 Å². The third kappa shape index (κ3) is 4.06. The lowest BCUT2D eigenvalue weighted by Gasteiger charge is -2.35. The van der Waals surface area contributed by atoms with Crippen molar-refractivity contribution in [2.75, 3.05) is 19.6 Å². The van der Waals surface area contributed by atoms with Crippen LogP contribution >= 0.6 is 0 Å². The molecule has 2 nitrogen and oxygen atoms in total. The average molecular weight is 226 g/mol. The van der Waals surface area contributed by atoms with E-state index in [0.29, 0.717) is 11.5 Å². The fourth-order valence-corrected chi connectivity index (χ4v) is 2.38. The Morgan fingerprint density at radius 2 is 2.00 bits per heavy atom. The number of rotatable bonds is 3. The summed E-state index contributed by atoms with van der Waals surface area (Å²) in [6.07, 6.45) is 3.92. The van der Waals surface area contributed by atoms with Crippen LogP contribution in [0.3, 0.4) is 0 Å². The molecule has 0 saturated carbocycles. The monoisotopic (exact) mass is 226 g/mol. The van der Waals surface area contributed by atoms with Crippen molar-refractivity contribution in [1.82, 2.24) is 10.2 Å². The summed E-state index contributed by atoms with van der Waals surface area (Å²) in [5, 5.41) is 3.72. The highest BCUT2D eigenvalue weighted by Crippen LogP contribution is 2.23. The van der Waals surface area contributed by atoms with Gasteiger partial charge in [-0.25, -0.2) is 0 Å². The smallest absolute Gasteiger partial charge is 0.0243 e. The molecule has 1 N–H and O–H groups in total. The van der Waals surface area contributed by atoms with Crippen LogP contribution in [0.1, 0.15) is 53.9 Å². The molecule has 0 aromatic carbocycles. The molecule has 2 heteroatoms. The Labute approximate surface area is 102 Å². The molecule has 1 aliphatic rings. The highest BCUT2D eigenvalue weighted by atomic mass is 15.2. The highest BCUT2D eigenvalue weighted by Gasteiger charge is 2.29. The van der Waals surface area contributed by atoms with Gasteiger partial charge in [0.2, 0.25) is 0 Å². The average Bonchev–Trinajstić information content (AvgIpc) is 2.37. The van der Waals surface area contributed by atoms with Crippen LogP contribution in [0.15, 0.2) is 0 Å². The first-order valence-corrected chi connectivity index (χ1v) is 6.92. The van der Waals surface area contributed by atoms with Gasteiger partial charge in [-0.2, -0.15) is 0 Å². The van der Waals surface area contributed by atoms with Crippen molar-refractivity contribution in [3.63, 3.8) is 0 Å². The van der Waals surface area contributed by atoms with Gasteiger partial charge in [0.05, 0.1) is 0 Å². The zero-order chi connectivity index (χ0) is 12.2. The molecule has 1 saturated heterocycles. The zero-order valence-corrected chi connectivity index (χ0v) is 11.8. The van der Waals surface area contributed by atoms with Crippen LogP contribution in [0.4, 0.5) is 0 Å². The Balaban J connectivity index is 2.58. The molecule has 0 bridgehead atoms. The van der Waals surface area contributed by atoms with Gasteiger partial charge >= 0.3 is 0 Å². The van der Waals surface area contributed by atoms with E-state index in [-0.39, 0.29) is 0 Å². The van der Waals surface area contributed by atoms with E-state index in [1.165, 1.54) is 38.9 Å². The maximum Gasteiger partial charge on any atom is 0.0243 e. The maximum absolute atomic E-state index is 3.72. The van der Waals surface area contributed by atoms with Crippen molar-refractivity contribution >= 4 is 0 Å². The van der Waals surface area contributed by atoms with E-state index in [1.807, 2.05) is 0 Å². The van der Waals surface area contributed by atoms with Crippen LogP contribution < -0.4 is 5.32 Å². The normalized spacial score (nSPS) is 29.1. The number of hydrogen-bond donors (Lipinski definition) is 1. The summed E-state index contributed by atoms with van der Waals surface area (Å²) in [5.41, 5.74) is 0.370. The van der Waals surface area contributed by atoms with Crippen LogP contribution in [0.5, 0.6) is 0 Å². The summed E-state index contributed by atoms with van der Waals surface area (Å²) in [4.78, 5) is 2.68. The molecular formula is C14H30N2. The lowest BCUT2D eigenvalue weighted by Crippen LogP contribution is -2.47. The topological polar surface area (TPSA) is 15.3 Å². The van der Waals surface area contributed by atoms with E-state index in [9.17, 15) is 0 Å². The first-order chi connectivity index (χ1) is 7.45. The van der Waals surface area contributed by atoms with Gasteiger partial charge in [0.1, 0.15) is 0 Å². The Morgan fingerprint density at radius 1 is 1.31 bits per heavy atom. The van der Waals surface area contributed by atoms with Crippen LogP contribution in [-0.2, 0) is 0 Å². The fourth-order valence-electron chi connectivity index (χ4n) is 2.38. The standard InChI is InChI=1S/C14H30N2/c1-6-7-10-16-11-13(14(3,4)5)15-9-8-12(16)2/h12-13,15H,6-11H2,1-5H3. The predicted octanol–water partition coefficient (Wildman–Crippen LogP) is 2.89. The summed E-state index contributed by atoms with van der Waals surface area (Å²) in [5.74, 6) is 0. The molecule has 0 amide bonds. The molecular weight excluding hydrogens is 196 g/mol. The molecule has 1 rings (SSSR count). The van der Waals surface area contributed by atoms with Crippen molar-refractivity contribution < 1.29 is 0 Å². The van der Waals surface area contributed by atoms with Gasteiger partial charge in [0.25, 0.3) is 0 Å². The summed E-state index contributed by atoms with van der Waals surface area (Å²) in [6, 6.07) is 1.38. The largest absolute Gasteiger partial charge is 0.312 e. The first kappa shape index (κ1) is 14.0. The third-order valence-corrected chi connectivity index (χ3v) is 3.84. The summed E-state index contributed by atoms with van der Waals surface area (Å²) in [6.45, 7) is 15.3. The molecule has 96 valence electrons. The van der Waals surface area contributed by atoms with Gasteiger partial charge in [0, 0.05) is 18.6 Å². The number of nitrogens with zero attached hydrogens (tertiary/aromatic N) is 1. The lowest BCUT2D eigenvalue weighted by molar-refractivity contribution is 0.162. The highest BCUT2D eigenvalue weighted by molar-refractivity contribution is 4.88. The lowest BCUT2D eigenvalue weighted by atomic mass is 9.86. The Morgan fingerprint density at radius 3 is 2.56 bits per heavy atom. The molecule has 1 heterocycles. The Kier molecular flexibility index (Phi) is 5.26. The quantitative estimate of drug-likeness (QED) is 0.796. The summed E-state index contributed by atoms with van der Waals surface area (Å²) in [7, 11) is 0. The Hall–Kier alpha value is -0.0800. The van der Waals surface area contributed by atoms with Crippen LogP contribution in [0.25, 0.3) is 0 Å². The van der Waals surface area contributed by atoms with Crippen molar-refractivity contribution in [3.8, 4) is 0 Å². The predicted molar refractivity (Wildman–Crippen MR) is 71.8 cm³/mol. The van der Waals surface area contributed by atoms with Crippen LogP contribution in [0.2, 0.25) is 0 Å². The molecule has 1 aliphatic heterocycles. The van der Waals surface area contributed by atoms with Gasteiger partial charge in [-0.3, -0.25) is 4.90 Å². The number of nitrogens with one attached hydrogen (secondary N) is 1. The minimum Gasteiger partial charge on any atom is -0.312 e. The molecule has 0 aromatic heterocycles. The second-order valence-electron chi connectivity index (χ2n) is 6.36. The Bertz CT molecular complexity index is 195. The zero-order valence-electron chi connectivity index (χ0n) is 11.8. The van der Waals surface area contributed by atoms with Crippen molar-refractivity contribution in [2.24, 2.45) is 5.41 Å². The van der Waals surface area contributed by atoms with Crippen molar-refractivity contribution in [2.45, 2.75) is 66.0 Å². The second kappa shape index (κ2) is 6.02. The molecule has 0 aromatic rings. The van der Waals surface area contributed by atoms with E-state index in [4.69, 9.17) is 0 Å². The minimum atomic E-state index is 0.370. The fraction of sp³-hybridized carbons (Fsp3) is 1.00. The first-order valence-electron chi connectivity index (χ1n) is 6.92. The number of unbranched alkanes of at least 4 members (excludes halogenated alkanes) is 1. The van der Waals surface area contributed by atoms with E-state index in [0.717, 1.165) is 6.04 Å². The van der Waals surface area contributed by atoms with Gasteiger partial charge in [-0.1, -0.05) is 34.1 Å². The summed E-state index contributed by atoms with van der Waals surface area (Å²) < 4.78 is 0. The SMILES string of the molecule is CCCCN1CC(C(C)(C)C)NCCC1C. The van der Waals surface area contributed by atoms with Gasteiger partial charge in [0.15, 0.2) is 0 Å². The van der Waals surface area contributed by atoms with E-state index < -0.39 is 0 Å². The minimum absolute atomic E-state index is 0.370. The van der Waals surface area contributed by atoms with Crippen LogP contribution in [0, 0.1) is 5.41 Å². The van der Waals surface area contributed by atoms with Gasteiger partial charge in [-0.15, -0.1) is 0 Å². The number of hydrogen-bond acceptors (Lipinski definition) is 2. The van der Waals surface area contributed by atoms with Gasteiger partial charge < -0.3 is 5.32 Å².